The molecule has 2 aromatic rings. The third-order valence-electron chi connectivity index (χ3n) is 3.51. The molecule has 0 aliphatic rings. The highest BCUT2D eigenvalue weighted by Gasteiger charge is 2.11. The first-order chi connectivity index (χ1) is 9.88. The predicted octanol–water partition coefficient (Wildman–Crippen LogP) is 5.44. The highest BCUT2D eigenvalue weighted by atomic mass is 79.9. The molecule has 3 heteroatoms. The second-order valence-electron chi connectivity index (χ2n) is 5.67. The zero-order valence-corrected chi connectivity index (χ0v) is 14.4. The van der Waals surface area contributed by atoms with Crippen LogP contribution in [-0.4, -0.2) is 5.91 Å². The Morgan fingerprint density at radius 2 is 1.71 bits per heavy atom. The molecule has 0 unspecified atom stereocenters. The molecule has 110 valence electrons. The van der Waals surface area contributed by atoms with Crippen LogP contribution < -0.4 is 5.32 Å². The second-order valence-corrected chi connectivity index (χ2v) is 6.52. The zero-order valence-electron chi connectivity index (χ0n) is 12.8. The number of hydrogen-bond donors (Lipinski definition) is 1. The number of carbonyl (C=O) groups is 1. The van der Waals surface area contributed by atoms with Crippen molar-refractivity contribution in [1.82, 2.24) is 0 Å². The minimum atomic E-state index is -0.0852. The maximum absolute atomic E-state index is 12.4. The highest BCUT2D eigenvalue weighted by Crippen LogP contribution is 2.28. The van der Waals surface area contributed by atoms with Gasteiger partial charge in [0.05, 0.1) is 5.69 Å². The average molecular weight is 346 g/mol. The lowest BCUT2D eigenvalue weighted by atomic mass is 10.0. The van der Waals surface area contributed by atoms with E-state index in [2.05, 4.69) is 41.2 Å². The van der Waals surface area contributed by atoms with E-state index in [1.807, 2.05) is 44.2 Å². The maximum Gasteiger partial charge on any atom is 0.255 e. The van der Waals surface area contributed by atoms with Crippen LogP contribution in [0.15, 0.2) is 40.9 Å². The van der Waals surface area contributed by atoms with E-state index < -0.39 is 0 Å². The van der Waals surface area contributed by atoms with Crippen LogP contribution in [0.25, 0.3) is 0 Å². The van der Waals surface area contributed by atoms with E-state index in [9.17, 15) is 4.79 Å². The minimum Gasteiger partial charge on any atom is -0.321 e. The summed E-state index contributed by atoms with van der Waals surface area (Å²) in [4.78, 5) is 12.4. The molecule has 0 radical (unpaired) electrons. The van der Waals surface area contributed by atoms with Crippen LogP contribution in [0, 0.1) is 13.8 Å². The molecular weight excluding hydrogens is 326 g/mol. The molecule has 0 spiro atoms. The summed E-state index contributed by atoms with van der Waals surface area (Å²) in [5.41, 5.74) is 4.96. The Hall–Kier alpha value is -1.61. The van der Waals surface area contributed by atoms with Crippen molar-refractivity contribution in [3.8, 4) is 0 Å². The van der Waals surface area contributed by atoms with Crippen molar-refractivity contribution in [3.63, 3.8) is 0 Å². The van der Waals surface area contributed by atoms with Gasteiger partial charge in [-0.25, -0.2) is 0 Å². The Morgan fingerprint density at radius 3 is 2.24 bits per heavy atom. The Labute approximate surface area is 134 Å². The summed E-state index contributed by atoms with van der Waals surface area (Å²) < 4.78 is 0.909. The average Bonchev–Trinajstić information content (AvgIpc) is 2.42. The predicted molar refractivity (Wildman–Crippen MR) is 92.1 cm³/mol. The van der Waals surface area contributed by atoms with E-state index in [0.29, 0.717) is 11.5 Å². The molecule has 21 heavy (non-hydrogen) atoms. The quantitative estimate of drug-likeness (QED) is 0.788. The van der Waals surface area contributed by atoms with Crippen LogP contribution in [0.1, 0.15) is 46.8 Å². The van der Waals surface area contributed by atoms with Crippen molar-refractivity contribution in [2.45, 2.75) is 33.6 Å². The summed E-state index contributed by atoms with van der Waals surface area (Å²) in [6.45, 7) is 8.31. The van der Waals surface area contributed by atoms with Gasteiger partial charge >= 0.3 is 0 Å². The van der Waals surface area contributed by atoms with Crippen molar-refractivity contribution in [1.29, 1.82) is 0 Å². The summed E-state index contributed by atoms with van der Waals surface area (Å²) in [5, 5.41) is 2.98. The molecule has 0 aromatic heterocycles. The number of carbonyl (C=O) groups excluding carboxylic acids is 1. The molecule has 0 aliphatic carbocycles. The molecule has 2 nitrogen and oxygen atoms in total. The number of benzene rings is 2. The van der Waals surface area contributed by atoms with Crippen LogP contribution in [0.5, 0.6) is 0 Å². The molecule has 0 saturated heterocycles. The highest BCUT2D eigenvalue weighted by molar-refractivity contribution is 9.10. The smallest absolute Gasteiger partial charge is 0.255 e. The molecule has 0 fully saturated rings. The third kappa shape index (κ3) is 3.73. The van der Waals surface area contributed by atoms with E-state index in [4.69, 9.17) is 0 Å². The van der Waals surface area contributed by atoms with Gasteiger partial charge in [0.2, 0.25) is 0 Å². The molecule has 0 aliphatic heterocycles. The summed E-state index contributed by atoms with van der Waals surface area (Å²) in [6, 6.07) is 11.8. The van der Waals surface area contributed by atoms with Gasteiger partial charge in [0.25, 0.3) is 5.91 Å². The van der Waals surface area contributed by atoms with Crippen LogP contribution in [0.2, 0.25) is 0 Å². The van der Waals surface area contributed by atoms with Gasteiger partial charge in [-0.2, -0.15) is 0 Å². The summed E-state index contributed by atoms with van der Waals surface area (Å²) in [6.07, 6.45) is 0. The molecule has 1 amide bonds. The number of amides is 1. The second kappa shape index (κ2) is 6.44. The largest absolute Gasteiger partial charge is 0.321 e. The van der Waals surface area contributed by atoms with E-state index in [-0.39, 0.29) is 5.91 Å². The Morgan fingerprint density at radius 1 is 1.10 bits per heavy atom. The van der Waals surface area contributed by atoms with Crippen molar-refractivity contribution in [2.75, 3.05) is 5.32 Å². The number of anilines is 1. The first-order valence-corrected chi connectivity index (χ1v) is 7.86. The normalized spacial score (nSPS) is 10.8. The number of hydrogen-bond acceptors (Lipinski definition) is 1. The van der Waals surface area contributed by atoms with E-state index in [1.54, 1.807) is 0 Å². The minimum absolute atomic E-state index is 0.0852. The van der Waals surface area contributed by atoms with Gasteiger partial charge in [0, 0.05) is 10.0 Å². The van der Waals surface area contributed by atoms with Gasteiger partial charge in [0.15, 0.2) is 0 Å². The SMILES string of the molecule is Cc1cc(C)c(NC(=O)c2ccc(C(C)C)cc2)c(Br)c1. The molecule has 0 heterocycles. The fourth-order valence-electron chi connectivity index (χ4n) is 2.28. The number of halogens is 1. The lowest BCUT2D eigenvalue weighted by Gasteiger charge is -2.12. The van der Waals surface area contributed by atoms with Crippen LogP contribution in [0.4, 0.5) is 5.69 Å². The Balaban J connectivity index is 2.22. The van der Waals surface area contributed by atoms with E-state index in [0.717, 1.165) is 15.7 Å². The van der Waals surface area contributed by atoms with Gasteiger partial charge < -0.3 is 5.32 Å². The molecule has 2 aromatic carbocycles. The van der Waals surface area contributed by atoms with E-state index >= 15 is 0 Å². The van der Waals surface area contributed by atoms with Crippen molar-refractivity contribution < 1.29 is 4.79 Å². The number of aryl methyl sites for hydroxylation is 2. The summed E-state index contributed by atoms with van der Waals surface area (Å²) >= 11 is 3.51. The van der Waals surface area contributed by atoms with Gasteiger partial charge in [-0.15, -0.1) is 0 Å². The Kier molecular flexibility index (Phi) is 4.84. The molecule has 0 atom stereocenters. The van der Waals surface area contributed by atoms with Gasteiger partial charge in [-0.05, 0) is 70.6 Å². The zero-order chi connectivity index (χ0) is 15.6. The number of rotatable bonds is 3. The van der Waals surface area contributed by atoms with E-state index in [1.165, 1.54) is 11.1 Å². The molecule has 0 saturated carbocycles. The maximum atomic E-state index is 12.4. The third-order valence-corrected chi connectivity index (χ3v) is 4.14. The van der Waals surface area contributed by atoms with Crippen LogP contribution in [-0.2, 0) is 0 Å². The molecule has 0 bridgehead atoms. The van der Waals surface area contributed by atoms with Crippen molar-refractivity contribution in [3.05, 3.63) is 63.1 Å². The molecule has 2 rings (SSSR count). The lowest BCUT2D eigenvalue weighted by Crippen LogP contribution is -2.13. The fraction of sp³-hybridized carbons (Fsp3) is 0.278. The Bertz CT molecular complexity index is 636. The molecule has 1 N–H and O–H groups in total. The topological polar surface area (TPSA) is 29.1 Å². The first kappa shape index (κ1) is 15.8. The van der Waals surface area contributed by atoms with Crippen LogP contribution in [0.3, 0.4) is 0 Å². The van der Waals surface area contributed by atoms with Gasteiger partial charge in [-0.1, -0.05) is 32.0 Å². The van der Waals surface area contributed by atoms with Crippen LogP contribution >= 0.6 is 15.9 Å². The van der Waals surface area contributed by atoms with Crippen molar-refractivity contribution >= 4 is 27.5 Å². The van der Waals surface area contributed by atoms with Gasteiger partial charge in [0.1, 0.15) is 0 Å². The van der Waals surface area contributed by atoms with Gasteiger partial charge in [-0.3, -0.25) is 4.79 Å². The monoisotopic (exact) mass is 345 g/mol. The standard InChI is InChI=1S/C18H20BrNO/c1-11(2)14-5-7-15(8-6-14)18(21)20-17-13(4)9-12(3)10-16(17)19/h5-11H,1-4H3,(H,20,21). The van der Waals surface area contributed by atoms with Crippen molar-refractivity contribution in [2.24, 2.45) is 0 Å². The lowest BCUT2D eigenvalue weighted by molar-refractivity contribution is 0.102. The summed E-state index contributed by atoms with van der Waals surface area (Å²) in [7, 11) is 0. The summed E-state index contributed by atoms with van der Waals surface area (Å²) in [5.74, 6) is 0.383. The fourth-order valence-corrected chi connectivity index (χ4v) is 3.05. The first-order valence-electron chi connectivity index (χ1n) is 7.06. The molecular formula is C18H20BrNO. The number of nitrogens with one attached hydrogen (secondary N) is 1.